The largest absolute Gasteiger partial charge is 0.422 e. The lowest BCUT2D eigenvalue weighted by atomic mass is 10.0. The zero-order valence-electron chi connectivity index (χ0n) is 12.0. The SMILES string of the molecule is C=CC(CCCCCCCCCCCC)O[SiH3]. The summed E-state index contributed by atoms with van der Waals surface area (Å²) in [6.45, 7) is 6.07. The van der Waals surface area contributed by atoms with Gasteiger partial charge in [-0.25, -0.2) is 0 Å². The van der Waals surface area contributed by atoms with E-state index in [-0.39, 0.29) is 0 Å². The van der Waals surface area contributed by atoms with Gasteiger partial charge in [0, 0.05) is 0 Å². The van der Waals surface area contributed by atoms with Gasteiger partial charge in [-0.1, -0.05) is 77.2 Å². The second-order valence-electron chi connectivity index (χ2n) is 4.98. The third kappa shape index (κ3) is 12.2. The predicted molar refractivity (Wildman–Crippen MR) is 81.5 cm³/mol. The summed E-state index contributed by atoms with van der Waals surface area (Å²) >= 11 is 0. The maximum absolute atomic E-state index is 5.40. The molecule has 0 bridgehead atoms. The molecule has 0 N–H and O–H groups in total. The highest BCUT2D eigenvalue weighted by Gasteiger charge is 2.00. The third-order valence-corrected chi connectivity index (χ3v) is 4.01. The van der Waals surface area contributed by atoms with Crippen molar-refractivity contribution < 1.29 is 4.43 Å². The third-order valence-electron chi connectivity index (χ3n) is 3.41. The molecule has 0 aliphatic rings. The summed E-state index contributed by atoms with van der Waals surface area (Å²) in [5.41, 5.74) is 0. The van der Waals surface area contributed by atoms with Crippen molar-refractivity contribution >= 4 is 10.5 Å². The average Bonchev–Trinajstić information content (AvgIpc) is 2.36. The molecule has 0 saturated carbocycles. The second-order valence-corrected chi connectivity index (χ2v) is 5.45. The van der Waals surface area contributed by atoms with E-state index in [2.05, 4.69) is 13.5 Å². The Balaban J connectivity index is 3.05. The molecule has 0 aliphatic carbocycles. The van der Waals surface area contributed by atoms with Gasteiger partial charge in [-0.3, -0.25) is 0 Å². The summed E-state index contributed by atoms with van der Waals surface area (Å²) in [4.78, 5) is 0. The Morgan fingerprint density at radius 2 is 1.41 bits per heavy atom. The summed E-state index contributed by atoms with van der Waals surface area (Å²) in [7, 11) is 0.832. The molecule has 0 aromatic rings. The fourth-order valence-corrected chi connectivity index (χ4v) is 2.59. The van der Waals surface area contributed by atoms with Crippen LogP contribution in [0.1, 0.15) is 77.6 Å². The molecule has 0 aliphatic heterocycles. The van der Waals surface area contributed by atoms with Crippen LogP contribution in [0.4, 0.5) is 0 Å². The Labute approximate surface area is 112 Å². The first-order valence-corrected chi connectivity index (χ1v) is 8.32. The number of unbranched alkanes of at least 4 members (excludes halogenated alkanes) is 9. The van der Waals surface area contributed by atoms with Crippen LogP contribution in [0.15, 0.2) is 12.7 Å². The summed E-state index contributed by atoms with van der Waals surface area (Å²) in [6, 6.07) is 0. The zero-order valence-corrected chi connectivity index (χ0v) is 14.0. The molecule has 0 amide bonds. The van der Waals surface area contributed by atoms with Crippen LogP contribution in [0, 0.1) is 0 Å². The molecule has 2 heteroatoms. The average molecular weight is 257 g/mol. The van der Waals surface area contributed by atoms with Gasteiger partial charge in [-0.05, 0) is 6.42 Å². The number of hydrogen-bond donors (Lipinski definition) is 0. The smallest absolute Gasteiger partial charge is 0.146 e. The van der Waals surface area contributed by atoms with E-state index in [1.807, 2.05) is 6.08 Å². The van der Waals surface area contributed by atoms with Crippen LogP contribution >= 0.6 is 0 Å². The second kappa shape index (κ2) is 14.0. The van der Waals surface area contributed by atoms with Crippen molar-refractivity contribution in [1.29, 1.82) is 0 Å². The van der Waals surface area contributed by atoms with E-state index in [0.29, 0.717) is 6.10 Å². The van der Waals surface area contributed by atoms with Crippen molar-refractivity contribution in [1.82, 2.24) is 0 Å². The van der Waals surface area contributed by atoms with Gasteiger partial charge in [0.1, 0.15) is 10.5 Å². The predicted octanol–water partition coefficient (Wildman–Crippen LogP) is 4.15. The van der Waals surface area contributed by atoms with Crippen molar-refractivity contribution in [3.63, 3.8) is 0 Å². The maximum Gasteiger partial charge on any atom is 0.146 e. The molecule has 1 atom stereocenters. The van der Waals surface area contributed by atoms with Gasteiger partial charge in [0.2, 0.25) is 0 Å². The van der Waals surface area contributed by atoms with E-state index < -0.39 is 0 Å². The summed E-state index contributed by atoms with van der Waals surface area (Å²) in [5, 5.41) is 0. The van der Waals surface area contributed by atoms with Crippen LogP contribution in [0.25, 0.3) is 0 Å². The van der Waals surface area contributed by atoms with Crippen molar-refractivity contribution in [2.24, 2.45) is 0 Å². The lowest BCUT2D eigenvalue weighted by molar-refractivity contribution is 0.256. The minimum atomic E-state index is 0.329. The molecule has 0 saturated heterocycles. The van der Waals surface area contributed by atoms with E-state index in [1.54, 1.807) is 0 Å². The molecule has 1 unspecified atom stereocenters. The van der Waals surface area contributed by atoms with Crippen LogP contribution in [0.5, 0.6) is 0 Å². The molecule has 0 aromatic heterocycles. The Morgan fingerprint density at radius 3 is 1.82 bits per heavy atom. The van der Waals surface area contributed by atoms with Crippen LogP contribution in [-0.4, -0.2) is 16.6 Å². The molecular formula is C15H32OSi. The summed E-state index contributed by atoms with van der Waals surface area (Å²) < 4.78 is 5.40. The molecule has 0 rings (SSSR count). The van der Waals surface area contributed by atoms with Gasteiger partial charge in [-0.15, -0.1) is 6.58 Å². The topological polar surface area (TPSA) is 9.23 Å². The quantitative estimate of drug-likeness (QED) is 0.273. The summed E-state index contributed by atoms with van der Waals surface area (Å²) in [6.07, 6.45) is 17.5. The molecular weight excluding hydrogens is 224 g/mol. The van der Waals surface area contributed by atoms with Crippen LogP contribution in [-0.2, 0) is 4.43 Å². The lowest BCUT2D eigenvalue weighted by Gasteiger charge is -2.10. The molecule has 17 heavy (non-hydrogen) atoms. The minimum Gasteiger partial charge on any atom is -0.422 e. The highest BCUT2D eigenvalue weighted by molar-refractivity contribution is 5.98. The van der Waals surface area contributed by atoms with Crippen molar-refractivity contribution in [3.8, 4) is 0 Å². The summed E-state index contributed by atoms with van der Waals surface area (Å²) in [5.74, 6) is 0. The maximum atomic E-state index is 5.40. The van der Waals surface area contributed by atoms with Gasteiger partial charge < -0.3 is 4.43 Å². The molecule has 0 heterocycles. The fourth-order valence-electron chi connectivity index (χ4n) is 2.16. The van der Waals surface area contributed by atoms with Gasteiger partial charge in [0.05, 0.1) is 6.10 Å². The molecule has 1 nitrogen and oxygen atoms in total. The first-order chi connectivity index (χ1) is 8.35. The lowest BCUT2D eigenvalue weighted by Crippen LogP contribution is -2.06. The first-order valence-electron chi connectivity index (χ1n) is 7.50. The van der Waals surface area contributed by atoms with Gasteiger partial charge >= 0.3 is 0 Å². The number of hydrogen-bond acceptors (Lipinski definition) is 1. The van der Waals surface area contributed by atoms with Gasteiger partial charge in [-0.2, -0.15) is 0 Å². The Morgan fingerprint density at radius 1 is 0.941 bits per heavy atom. The highest BCUT2D eigenvalue weighted by Crippen LogP contribution is 2.12. The molecule has 0 spiro atoms. The van der Waals surface area contributed by atoms with Crippen molar-refractivity contribution in [2.75, 3.05) is 0 Å². The van der Waals surface area contributed by atoms with Gasteiger partial charge in [0.25, 0.3) is 0 Å². The Bertz CT molecular complexity index is 159. The highest BCUT2D eigenvalue weighted by atomic mass is 28.2. The molecule has 102 valence electrons. The van der Waals surface area contributed by atoms with E-state index in [1.165, 1.54) is 70.6 Å². The van der Waals surface area contributed by atoms with Crippen LogP contribution in [0.3, 0.4) is 0 Å². The fraction of sp³-hybridized carbons (Fsp3) is 0.867. The Hall–Kier alpha value is -0.0831. The first kappa shape index (κ1) is 16.9. The van der Waals surface area contributed by atoms with E-state index in [9.17, 15) is 0 Å². The van der Waals surface area contributed by atoms with E-state index in [4.69, 9.17) is 4.43 Å². The van der Waals surface area contributed by atoms with Crippen molar-refractivity contribution in [3.05, 3.63) is 12.7 Å². The van der Waals surface area contributed by atoms with E-state index in [0.717, 1.165) is 10.5 Å². The van der Waals surface area contributed by atoms with E-state index >= 15 is 0 Å². The normalized spacial score (nSPS) is 12.8. The zero-order chi connectivity index (χ0) is 12.8. The van der Waals surface area contributed by atoms with Crippen LogP contribution in [0.2, 0.25) is 0 Å². The molecule has 0 aromatic carbocycles. The monoisotopic (exact) mass is 256 g/mol. The molecule has 0 fully saturated rings. The molecule has 0 radical (unpaired) electrons. The number of rotatable bonds is 13. The standard InChI is InChI=1S/C15H32OSi/c1-3-5-6-7-8-9-10-11-12-13-14-15(4-2)16-17/h4,15H,2-3,5-14H2,1,17H3. The van der Waals surface area contributed by atoms with Gasteiger partial charge in [0.15, 0.2) is 0 Å². The van der Waals surface area contributed by atoms with Crippen molar-refractivity contribution in [2.45, 2.75) is 83.7 Å². The minimum absolute atomic E-state index is 0.329. The Kier molecular flexibility index (Phi) is 13.9. The van der Waals surface area contributed by atoms with Crippen LogP contribution < -0.4 is 0 Å².